The van der Waals surface area contributed by atoms with Crippen LogP contribution in [0.4, 0.5) is 0 Å². The molecule has 1 aromatic heterocycles. The molecule has 1 saturated heterocycles. The molecular formula is C23H39N3OS. The highest BCUT2D eigenvalue weighted by Crippen LogP contribution is 2.33. The van der Waals surface area contributed by atoms with Gasteiger partial charge in [-0.2, -0.15) is 0 Å². The standard InChI is InChI=1S/C23H39N3OS/c1-5-6-7-18-8-10-19(11-9-18)22(27)26-14-12-25(13-15-26)16-21-24-20(17-28-21)23(2,3)4/h17-19H,5-16H2,1-4H3. The van der Waals surface area contributed by atoms with Crippen molar-refractivity contribution in [2.24, 2.45) is 11.8 Å². The zero-order valence-electron chi connectivity index (χ0n) is 18.4. The summed E-state index contributed by atoms with van der Waals surface area (Å²) in [6, 6.07) is 0. The van der Waals surface area contributed by atoms with Crippen LogP contribution in [0.3, 0.4) is 0 Å². The van der Waals surface area contributed by atoms with Gasteiger partial charge < -0.3 is 4.90 Å². The minimum Gasteiger partial charge on any atom is -0.340 e. The number of unbranched alkanes of at least 4 members (excludes halogenated alkanes) is 1. The molecule has 0 N–H and O–H groups in total. The molecule has 1 aromatic rings. The highest BCUT2D eigenvalue weighted by Gasteiger charge is 2.31. The van der Waals surface area contributed by atoms with Crippen LogP contribution >= 0.6 is 11.3 Å². The lowest BCUT2D eigenvalue weighted by Gasteiger charge is -2.37. The van der Waals surface area contributed by atoms with E-state index in [2.05, 4.69) is 42.9 Å². The summed E-state index contributed by atoms with van der Waals surface area (Å²) in [5.74, 6) is 1.59. The lowest BCUT2D eigenvalue weighted by molar-refractivity contribution is -0.138. The van der Waals surface area contributed by atoms with Crippen molar-refractivity contribution in [1.29, 1.82) is 0 Å². The van der Waals surface area contributed by atoms with E-state index in [0.717, 1.165) is 51.5 Å². The highest BCUT2D eigenvalue weighted by atomic mass is 32.1. The molecule has 1 aliphatic heterocycles. The molecule has 28 heavy (non-hydrogen) atoms. The molecule has 1 amide bonds. The third kappa shape index (κ3) is 5.79. The lowest BCUT2D eigenvalue weighted by Crippen LogP contribution is -2.50. The fourth-order valence-corrected chi connectivity index (χ4v) is 5.56. The molecule has 4 nitrogen and oxygen atoms in total. The van der Waals surface area contributed by atoms with Crippen LogP contribution in [-0.2, 0) is 16.8 Å². The Labute approximate surface area is 175 Å². The highest BCUT2D eigenvalue weighted by molar-refractivity contribution is 7.09. The number of amides is 1. The number of hydrogen-bond acceptors (Lipinski definition) is 4. The first-order chi connectivity index (χ1) is 13.4. The molecule has 0 spiro atoms. The van der Waals surface area contributed by atoms with E-state index in [1.54, 1.807) is 11.3 Å². The van der Waals surface area contributed by atoms with Crippen LogP contribution in [0.25, 0.3) is 0 Å². The first kappa shape index (κ1) is 21.8. The average Bonchev–Trinajstić information content (AvgIpc) is 3.16. The van der Waals surface area contributed by atoms with Gasteiger partial charge in [0, 0.05) is 42.9 Å². The van der Waals surface area contributed by atoms with Crippen LogP contribution in [-0.4, -0.2) is 46.9 Å². The normalized spacial score (nSPS) is 24.5. The molecule has 0 unspecified atom stereocenters. The maximum atomic E-state index is 12.9. The van der Waals surface area contributed by atoms with Gasteiger partial charge in [-0.05, 0) is 31.6 Å². The van der Waals surface area contributed by atoms with Crippen LogP contribution in [0.5, 0.6) is 0 Å². The van der Waals surface area contributed by atoms with Gasteiger partial charge in [0.1, 0.15) is 5.01 Å². The van der Waals surface area contributed by atoms with E-state index < -0.39 is 0 Å². The molecule has 2 fully saturated rings. The quantitative estimate of drug-likeness (QED) is 0.662. The molecule has 0 radical (unpaired) electrons. The van der Waals surface area contributed by atoms with Crippen LogP contribution in [0.1, 0.15) is 83.3 Å². The predicted octanol–water partition coefficient (Wildman–Crippen LogP) is 5.08. The summed E-state index contributed by atoms with van der Waals surface area (Å²) in [4.78, 5) is 22.4. The Hall–Kier alpha value is -0.940. The summed E-state index contributed by atoms with van der Waals surface area (Å²) in [5.41, 5.74) is 1.31. The average molecular weight is 406 g/mol. The van der Waals surface area contributed by atoms with Crippen molar-refractivity contribution in [3.8, 4) is 0 Å². The molecule has 0 bridgehead atoms. The largest absolute Gasteiger partial charge is 0.340 e. The van der Waals surface area contributed by atoms with Crippen LogP contribution < -0.4 is 0 Å². The number of hydrogen-bond donors (Lipinski definition) is 0. The minimum atomic E-state index is 0.120. The van der Waals surface area contributed by atoms with Gasteiger partial charge in [-0.1, -0.05) is 47.0 Å². The first-order valence-corrected chi connectivity index (χ1v) is 12.2. The van der Waals surface area contributed by atoms with Gasteiger partial charge >= 0.3 is 0 Å². The second kappa shape index (κ2) is 9.71. The number of nitrogens with zero attached hydrogens (tertiary/aromatic N) is 3. The molecule has 3 rings (SSSR count). The summed E-state index contributed by atoms with van der Waals surface area (Å²) in [6.45, 7) is 13.6. The van der Waals surface area contributed by atoms with E-state index in [1.165, 1.54) is 42.8 Å². The molecule has 1 aliphatic carbocycles. The predicted molar refractivity (Wildman–Crippen MR) is 118 cm³/mol. The zero-order valence-corrected chi connectivity index (χ0v) is 19.2. The summed E-state index contributed by atoms with van der Waals surface area (Å²) >= 11 is 1.77. The monoisotopic (exact) mass is 405 g/mol. The van der Waals surface area contributed by atoms with E-state index in [1.807, 2.05) is 0 Å². The third-order valence-electron chi connectivity index (χ3n) is 6.52. The van der Waals surface area contributed by atoms with Gasteiger partial charge in [0.25, 0.3) is 0 Å². The topological polar surface area (TPSA) is 36.4 Å². The summed E-state index contributed by atoms with van der Waals surface area (Å²) in [7, 11) is 0. The smallest absolute Gasteiger partial charge is 0.225 e. The maximum Gasteiger partial charge on any atom is 0.225 e. The number of aromatic nitrogens is 1. The van der Waals surface area contributed by atoms with Crippen LogP contribution in [0, 0.1) is 11.8 Å². The van der Waals surface area contributed by atoms with Gasteiger partial charge in [0.15, 0.2) is 0 Å². The molecular weight excluding hydrogens is 366 g/mol. The first-order valence-electron chi connectivity index (χ1n) is 11.3. The van der Waals surface area contributed by atoms with E-state index in [9.17, 15) is 4.79 Å². The number of carbonyl (C=O) groups is 1. The summed E-state index contributed by atoms with van der Waals surface area (Å²) in [6.07, 6.45) is 8.75. The third-order valence-corrected chi connectivity index (χ3v) is 7.36. The zero-order chi connectivity index (χ0) is 20.1. The Morgan fingerprint density at radius 3 is 2.39 bits per heavy atom. The molecule has 0 aromatic carbocycles. The Morgan fingerprint density at radius 2 is 1.82 bits per heavy atom. The molecule has 0 atom stereocenters. The van der Waals surface area contributed by atoms with E-state index in [-0.39, 0.29) is 11.3 Å². The van der Waals surface area contributed by atoms with Gasteiger partial charge in [-0.3, -0.25) is 9.69 Å². The Morgan fingerprint density at radius 1 is 1.14 bits per heavy atom. The Bertz CT molecular complexity index is 620. The number of rotatable bonds is 6. The van der Waals surface area contributed by atoms with Gasteiger partial charge in [0.2, 0.25) is 5.91 Å². The molecule has 5 heteroatoms. The molecule has 158 valence electrons. The van der Waals surface area contributed by atoms with Crippen molar-refractivity contribution in [2.45, 2.75) is 84.6 Å². The van der Waals surface area contributed by atoms with Crippen LogP contribution in [0.2, 0.25) is 0 Å². The van der Waals surface area contributed by atoms with E-state index >= 15 is 0 Å². The van der Waals surface area contributed by atoms with Crippen LogP contribution in [0.15, 0.2) is 5.38 Å². The number of carbonyl (C=O) groups excluding carboxylic acids is 1. The Balaban J connectivity index is 1.41. The summed E-state index contributed by atoms with van der Waals surface area (Å²) < 4.78 is 0. The summed E-state index contributed by atoms with van der Waals surface area (Å²) in [5, 5.41) is 3.40. The van der Waals surface area contributed by atoms with Gasteiger partial charge in [-0.25, -0.2) is 4.98 Å². The minimum absolute atomic E-state index is 0.120. The van der Waals surface area contributed by atoms with Gasteiger partial charge in [-0.15, -0.1) is 11.3 Å². The SMILES string of the molecule is CCCCC1CCC(C(=O)N2CCN(Cc3nc(C(C)(C)C)cs3)CC2)CC1. The second-order valence-corrected chi connectivity index (χ2v) is 10.8. The van der Waals surface area contributed by atoms with Crippen molar-refractivity contribution >= 4 is 17.2 Å². The molecule has 2 aliphatic rings. The van der Waals surface area contributed by atoms with E-state index in [0.29, 0.717) is 5.91 Å². The Kier molecular flexibility index (Phi) is 7.54. The number of piperazine rings is 1. The van der Waals surface area contributed by atoms with Gasteiger partial charge in [0.05, 0.1) is 12.2 Å². The lowest BCUT2D eigenvalue weighted by atomic mass is 9.79. The van der Waals surface area contributed by atoms with Crippen molar-refractivity contribution in [2.75, 3.05) is 26.2 Å². The van der Waals surface area contributed by atoms with Crippen molar-refractivity contribution in [1.82, 2.24) is 14.8 Å². The van der Waals surface area contributed by atoms with Crippen molar-refractivity contribution < 1.29 is 4.79 Å². The number of thiazole rings is 1. The maximum absolute atomic E-state index is 12.9. The fourth-order valence-electron chi connectivity index (χ4n) is 4.49. The fraction of sp³-hybridized carbons (Fsp3) is 0.826. The van der Waals surface area contributed by atoms with Crippen molar-refractivity contribution in [3.63, 3.8) is 0 Å². The second-order valence-electron chi connectivity index (χ2n) is 9.84. The molecule has 2 heterocycles. The molecule has 1 saturated carbocycles. The van der Waals surface area contributed by atoms with Crippen molar-refractivity contribution in [3.05, 3.63) is 16.1 Å². The van der Waals surface area contributed by atoms with E-state index in [4.69, 9.17) is 4.98 Å².